The third-order valence-electron chi connectivity index (χ3n) is 3.41. The van der Waals surface area contributed by atoms with Crippen molar-refractivity contribution in [2.45, 2.75) is 25.7 Å². The quantitative estimate of drug-likeness (QED) is 0.606. The van der Waals surface area contributed by atoms with Crippen molar-refractivity contribution in [1.29, 1.82) is 0 Å². The van der Waals surface area contributed by atoms with E-state index in [0.29, 0.717) is 5.92 Å². The first-order valence-electron chi connectivity index (χ1n) is 5.06. The molecule has 1 aliphatic carbocycles. The van der Waals surface area contributed by atoms with Crippen molar-refractivity contribution in [1.82, 2.24) is 5.32 Å². The molecule has 3 unspecified atom stereocenters. The Balaban J connectivity index is 2.13. The number of hydrogen-bond donors (Lipinski definition) is 1. The second kappa shape index (κ2) is 3.48. The molecule has 0 spiro atoms. The molecule has 3 nitrogen and oxygen atoms in total. The molecule has 0 aromatic heterocycles. The summed E-state index contributed by atoms with van der Waals surface area (Å²) < 4.78 is 0. The van der Waals surface area contributed by atoms with Gasteiger partial charge in [-0.2, -0.15) is 0 Å². The summed E-state index contributed by atoms with van der Waals surface area (Å²) in [5.41, 5.74) is 0. The highest BCUT2D eigenvalue weighted by Crippen LogP contribution is 2.37. The average molecular weight is 181 g/mol. The third kappa shape index (κ3) is 1.47. The number of carbonyl (C=O) groups is 2. The van der Waals surface area contributed by atoms with Gasteiger partial charge in [0.05, 0.1) is 0 Å². The minimum atomic E-state index is 0.123. The zero-order chi connectivity index (χ0) is 9.26. The number of aldehydes is 1. The Hall–Kier alpha value is -0.860. The smallest absolute Gasteiger partial charge is 0.223 e. The van der Waals surface area contributed by atoms with E-state index in [9.17, 15) is 9.59 Å². The van der Waals surface area contributed by atoms with Crippen LogP contribution in [0.25, 0.3) is 0 Å². The lowest BCUT2D eigenvalue weighted by atomic mass is 9.69. The van der Waals surface area contributed by atoms with Gasteiger partial charge in [-0.25, -0.2) is 0 Å². The minimum Gasteiger partial charge on any atom is -0.356 e. The van der Waals surface area contributed by atoms with Gasteiger partial charge in [0.25, 0.3) is 0 Å². The van der Waals surface area contributed by atoms with Gasteiger partial charge < -0.3 is 10.1 Å². The molecule has 3 atom stereocenters. The number of amides is 1. The number of piperidine rings is 1. The van der Waals surface area contributed by atoms with Crippen LogP contribution in [0.4, 0.5) is 0 Å². The minimum absolute atomic E-state index is 0.123. The predicted octanol–water partition coefficient (Wildman–Crippen LogP) is 0.738. The van der Waals surface area contributed by atoms with Crippen molar-refractivity contribution in [3.05, 3.63) is 0 Å². The van der Waals surface area contributed by atoms with Gasteiger partial charge in [0.2, 0.25) is 5.91 Å². The summed E-state index contributed by atoms with van der Waals surface area (Å²) in [4.78, 5) is 22.3. The molecule has 2 aliphatic rings. The van der Waals surface area contributed by atoms with Crippen LogP contribution in [0.1, 0.15) is 25.7 Å². The summed E-state index contributed by atoms with van der Waals surface area (Å²) in [6.45, 7) is 0.754. The molecule has 0 aromatic rings. The molecule has 2 fully saturated rings. The molecule has 0 aromatic carbocycles. The van der Waals surface area contributed by atoms with E-state index in [2.05, 4.69) is 5.32 Å². The van der Waals surface area contributed by atoms with Gasteiger partial charge in [-0.1, -0.05) is 6.42 Å². The highest BCUT2D eigenvalue weighted by Gasteiger charge is 2.39. The molecular weight excluding hydrogens is 166 g/mol. The molecule has 0 bridgehead atoms. The van der Waals surface area contributed by atoms with E-state index >= 15 is 0 Å². The summed E-state index contributed by atoms with van der Waals surface area (Å²) in [5.74, 6) is 0.769. The maximum absolute atomic E-state index is 11.5. The summed E-state index contributed by atoms with van der Waals surface area (Å²) in [7, 11) is 0. The summed E-state index contributed by atoms with van der Waals surface area (Å²) in [6.07, 6.45) is 5.02. The SMILES string of the molecule is O=CC1CCCC2C(=O)NCCC12. The maximum atomic E-state index is 11.5. The Labute approximate surface area is 77.9 Å². The van der Waals surface area contributed by atoms with Crippen molar-refractivity contribution in [3.8, 4) is 0 Å². The Bertz CT molecular complexity index is 227. The molecule has 2 rings (SSSR count). The van der Waals surface area contributed by atoms with Gasteiger partial charge in [-0.3, -0.25) is 4.79 Å². The topological polar surface area (TPSA) is 46.2 Å². The van der Waals surface area contributed by atoms with Crippen LogP contribution in [0.3, 0.4) is 0 Å². The van der Waals surface area contributed by atoms with Gasteiger partial charge >= 0.3 is 0 Å². The van der Waals surface area contributed by atoms with E-state index in [1.807, 2.05) is 0 Å². The van der Waals surface area contributed by atoms with Gasteiger partial charge in [-0.05, 0) is 25.2 Å². The molecule has 3 heteroatoms. The van der Waals surface area contributed by atoms with Gasteiger partial charge in [0, 0.05) is 18.4 Å². The van der Waals surface area contributed by atoms with Crippen molar-refractivity contribution < 1.29 is 9.59 Å². The largest absolute Gasteiger partial charge is 0.356 e. The average Bonchev–Trinajstić information content (AvgIpc) is 2.18. The molecule has 1 amide bonds. The number of carbonyl (C=O) groups excluding carboxylic acids is 2. The Kier molecular flexibility index (Phi) is 2.34. The van der Waals surface area contributed by atoms with Gasteiger partial charge in [0.1, 0.15) is 6.29 Å². The molecule has 0 radical (unpaired) electrons. The molecule has 13 heavy (non-hydrogen) atoms. The van der Waals surface area contributed by atoms with Crippen LogP contribution >= 0.6 is 0 Å². The number of hydrogen-bond acceptors (Lipinski definition) is 2. The van der Waals surface area contributed by atoms with E-state index in [-0.39, 0.29) is 17.7 Å². The second-order valence-corrected chi connectivity index (χ2v) is 4.08. The van der Waals surface area contributed by atoms with Crippen LogP contribution in [-0.2, 0) is 9.59 Å². The van der Waals surface area contributed by atoms with Crippen molar-refractivity contribution in [2.75, 3.05) is 6.54 Å². The lowest BCUT2D eigenvalue weighted by Crippen LogP contribution is -2.46. The Morgan fingerprint density at radius 2 is 2.15 bits per heavy atom. The predicted molar refractivity (Wildman–Crippen MR) is 48.0 cm³/mol. The molecule has 72 valence electrons. The molecule has 1 N–H and O–H groups in total. The van der Waals surface area contributed by atoms with Crippen LogP contribution in [-0.4, -0.2) is 18.7 Å². The fourth-order valence-corrected chi connectivity index (χ4v) is 2.70. The highest BCUT2D eigenvalue weighted by molar-refractivity contribution is 5.80. The van der Waals surface area contributed by atoms with Crippen molar-refractivity contribution in [3.63, 3.8) is 0 Å². The zero-order valence-corrected chi connectivity index (χ0v) is 7.66. The Morgan fingerprint density at radius 1 is 1.31 bits per heavy atom. The van der Waals surface area contributed by atoms with Gasteiger partial charge in [-0.15, -0.1) is 0 Å². The van der Waals surface area contributed by atoms with E-state index < -0.39 is 0 Å². The first-order chi connectivity index (χ1) is 6.33. The summed E-state index contributed by atoms with van der Waals surface area (Å²) in [5, 5.41) is 2.87. The molecule has 1 aliphatic heterocycles. The molecule has 1 heterocycles. The van der Waals surface area contributed by atoms with Crippen LogP contribution in [0, 0.1) is 17.8 Å². The van der Waals surface area contributed by atoms with E-state index in [4.69, 9.17) is 0 Å². The molecule has 1 saturated heterocycles. The second-order valence-electron chi connectivity index (χ2n) is 4.08. The molecular formula is C10H15NO2. The Morgan fingerprint density at radius 3 is 2.92 bits per heavy atom. The van der Waals surface area contributed by atoms with E-state index in [1.54, 1.807) is 0 Å². The van der Waals surface area contributed by atoms with E-state index in [1.165, 1.54) is 0 Å². The maximum Gasteiger partial charge on any atom is 0.223 e. The summed E-state index contributed by atoms with van der Waals surface area (Å²) >= 11 is 0. The fourth-order valence-electron chi connectivity index (χ4n) is 2.70. The fraction of sp³-hybridized carbons (Fsp3) is 0.800. The first-order valence-corrected chi connectivity index (χ1v) is 5.06. The van der Waals surface area contributed by atoms with E-state index in [0.717, 1.165) is 38.5 Å². The van der Waals surface area contributed by atoms with Gasteiger partial charge in [0.15, 0.2) is 0 Å². The lowest BCUT2D eigenvalue weighted by Gasteiger charge is -2.38. The number of fused-ring (bicyclic) bond motifs is 1. The highest BCUT2D eigenvalue weighted by atomic mass is 16.2. The summed E-state index contributed by atoms with van der Waals surface area (Å²) in [6, 6.07) is 0. The van der Waals surface area contributed by atoms with Crippen molar-refractivity contribution in [2.24, 2.45) is 17.8 Å². The van der Waals surface area contributed by atoms with Crippen LogP contribution < -0.4 is 5.32 Å². The first kappa shape index (κ1) is 8.73. The molecule has 1 saturated carbocycles. The zero-order valence-electron chi connectivity index (χ0n) is 7.66. The number of nitrogens with one attached hydrogen (secondary N) is 1. The number of rotatable bonds is 1. The van der Waals surface area contributed by atoms with Crippen LogP contribution in [0.2, 0.25) is 0 Å². The third-order valence-corrected chi connectivity index (χ3v) is 3.41. The van der Waals surface area contributed by atoms with Crippen molar-refractivity contribution >= 4 is 12.2 Å². The van der Waals surface area contributed by atoms with Crippen LogP contribution in [0.15, 0.2) is 0 Å². The standard InChI is InChI=1S/C10H15NO2/c12-6-7-2-1-3-9-8(7)4-5-11-10(9)13/h6-9H,1-5H2,(H,11,13). The lowest BCUT2D eigenvalue weighted by molar-refractivity contribution is -0.132. The van der Waals surface area contributed by atoms with Crippen LogP contribution in [0.5, 0.6) is 0 Å². The monoisotopic (exact) mass is 181 g/mol. The normalized spacial score (nSPS) is 39.1.